The van der Waals surface area contributed by atoms with Crippen molar-refractivity contribution in [2.45, 2.75) is 19.9 Å². The van der Waals surface area contributed by atoms with Crippen LogP contribution in [0.3, 0.4) is 0 Å². The number of imidazole rings is 1. The zero-order chi connectivity index (χ0) is 16.7. The summed E-state index contributed by atoms with van der Waals surface area (Å²) in [7, 11) is 2.03. The molecule has 0 spiro atoms. The molecule has 6 heteroatoms. The highest BCUT2D eigenvalue weighted by Gasteiger charge is 2.09. The molecule has 0 saturated heterocycles. The molecule has 0 fully saturated rings. The van der Waals surface area contributed by atoms with E-state index in [1.165, 1.54) is 0 Å². The van der Waals surface area contributed by atoms with Crippen LogP contribution < -0.4 is 10.6 Å². The molecule has 23 heavy (non-hydrogen) atoms. The molecule has 0 bridgehead atoms. The zero-order valence-corrected chi connectivity index (χ0v) is 14.0. The molecule has 1 aromatic carbocycles. The van der Waals surface area contributed by atoms with Crippen molar-refractivity contribution in [2.24, 2.45) is 0 Å². The lowest BCUT2D eigenvalue weighted by Gasteiger charge is -2.17. The van der Waals surface area contributed by atoms with E-state index in [1.807, 2.05) is 49.0 Å². The summed E-state index contributed by atoms with van der Waals surface area (Å²) in [5.74, 6) is 0. The number of urea groups is 1. The van der Waals surface area contributed by atoms with Crippen molar-refractivity contribution in [3.05, 3.63) is 48.5 Å². The Morgan fingerprint density at radius 1 is 1.35 bits per heavy atom. The Labute approximate surface area is 137 Å². The number of aromatic nitrogens is 2. The van der Waals surface area contributed by atoms with Gasteiger partial charge in [-0.25, -0.2) is 9.78 Å². The highest BCUT2D eigenvalue weighted by Crippen LogP contribution is 2.15. The van der Waals surface area contributed by atoms with Gasteiger partial charge in [-0.1, -0.05) is 19.1 Å². The third-order valence-electron chi connectivity index (χ3n) is 3.86. The van der Waals surface area contributed by atoms with Crippen LogP contribution in [0.4, 0.5) is 4.79 Å². The molecule has 6 nitrogen and oxygen atoms in total. The third-order valence-corrected chi connectivity index (χ3v) is 3.86. The van der Waals surface area contributed by atoms with Crippen LogP contribution in [0.15, 0.2) is 43.0 Å². The zero-order valence-electron chi connectivity index (χ0n) is 14.0. The van der Waals surface area contributed by atoms with E-state index < -0.39 is 0 Å². The van der Waals surface area contributed by atoms with E-state index in [-0.39, 0.29) is 12.1 Å². The first-order chi connectivity index (χ1) is 11.1. The largest absolute Gasteiger partial charge is 0.337 e. The number of carbonyl (C=O) groups excluding carboxylic acids is 1. The summed E-state index contributed by atoms with van der Waals surface area (Å²) in [6.45, 7) is 6.53. The first kappa shape index (κ1) is 17.0. The van der Waals surface area contributed by atoms with Crippen molar-refractivity contribution in [1.29, 1.82) is 0 Å². The summed E-state index contributed by atoms with van der Waals surface area (Å²) in [6.07, 6.45) is 5.41. The average molecular weight is 315 g/mol. The normalized spacial score (nSPS) is 12.2. The van der Waals surface area contributed by atoms with Gasteiger partial charge in [-0.3, -0.25) is 0 Å². The van der Waals surface area contributed by atoms with Gasteiger partial charge in [-0.05, 0) is 38.2 Å². The van der Waals surface area contributed by atoms with E-state index in [4.69, 9.17) is 0 Å². The van der Waals surface area contributed by atoms with Crippen molar-refractivity contribution < 1.29 is 4.79 Å². The first-order valence-electron chi connectivity index (χ1n) is 7.91. The third kappa shape index (κ3) is 5.10. The maximum Gasteiger partial charge on any atom is 0.315 e. The minimum absolute atomic E-state index is 0.0456. The van der Waals surface area contributed by atoms with Crippen molar-refractivity contribution in [1.82, 2.24) is 25.1 Å². The summed E-state index contributed by atoms with van der Waals surface area (Å²) in [6, 6.07) is 7.89. The minimum atomic E-state index is -0.138. The summed E-state index contributed by atoms with van der Waals surface area (Å²) < 4.78 is 1.94. The van der Waals surface area contributed by atoms with Crippen LogP contribution in [0.2, 0.25) is 0 Å². The molecule has 2 aromatic rings. The van der Waals surface area contributed by atoms with Crippen molar-refractivity contribution in [2.75, 3.05) is 26.7 Å². The first-order valence-corrected chi connectivity index (χ1v) is 7.91. The molecule has 0 unspecified atom stereocenters. The number of rotatable bonds is 7. The van der Waals surface area contributed by atoms with Crippen molar-refractivity contribution in [3.8, 4) is 5.69 Å². The maximum atomic E-state index is 11.9. The summed E-state index contributed by atoms with van der Waals surface area (Å²) >= 11 is 0. The van der Waals surface area contributed by atoms with E-state index >= 15 is 0 Å². The monoisotopic (exact) mass is 315 g/mol. The summed E-state index contributed by atoms with van der Waals surface area (Å²) in [5.41, 5.74) is 2.11. The highest BCUT2D eigenvalue weighted by atomic mass is 16.2. The summed E-state index contributed by atoms with van der Waals surface area (Å²) in [5, 5.41) is 5.83. The topological polar surface area (TPSA) is 62.2 Å². The number of benzene rings is 1. The van der Waals surface area contributed by atoms with Gasteiger partial charge < -0.3 is 20.1 Å². The Morgan fingerprint density at radius 3 is 2.70 bits per heavy atom. The van der Waals surface area contributed by atoms with E-state index in [9.17, 15) is 4.79 Å². The molecule has 1 heterocycles. The number of hydrogen-bond donors (Lipinski definition) is 2. The smallest absolute Gasteiger partial charge is 0.315 e. The molecule has 0 aliphatic heterocycles. The second-order valence-corrected chi connectivity index (χ2v) is 5.58. The molecule has 2 rings (SSSR count). The predicted molar refractivity (Wildman–Crippen MR) is 91.7 cm³/mol. The van der Waals surface area contributed by atoms with Gasteiger partial charge >= 0.3 is 6.03 Å². The van der Waals surface area contributed by atoms with Crippen LogP contribution in [-0.2, 0) is 0 Å². The lowest BCUT2D eigenvalue weighted by atomic mass is 10.1. The number of nitrogens with one attached hydrogen (secondary N) is 2. The Morgan fingerprint density at radius 2 is 2.09 bits per heavy atom. The fraction of sp³-hybridized carbons (Fsp3) is 0.412. The Balaban J connectivity index is 1.83. The van der Waals surface area contributed by atoms with E-state index in [1.54, 1.807) is 12.5 Å². The van der Waals surface area contributed by atoms with Crippen LogP contribution >= 0.6 is 0 Å². The van der Waals surface area contributed by atoms with Gasteiger partial charge in [0.15, 0.2) is 0 Å². The van der Waals surface area contributed by atoms with Crippen LogP contribution in [0.1, 0.15) is 25.5 Å². The fourth-order valence-electron chi connectivity index (χ4n) is 2.20. The van der Waals surface area contributed by atoms with Gasteiger partial charge in [0.05, 0.1) is 12.4 Å². The van der Waals surface area contributed by atoms with Crippen molar-refractivity contribution >= 4 is 6.03 Å². The number of carbonyl (C=O) groups is 1. The molecule has 0 aliphatic carbocycles. The van der Waals surface area contributed by atoms with Crippen molar-refractivity contribution in [3.63, 3.8) is 0 Å². The molecule has 1 aromatic heterocycles. The fourth-order valence-corrected chi connectivity index (χ4v) is 2.20. The number of amides is 2. The molecule has 0 aliphatic rings. The lowest BCUT2D eigenvalue weighted by molar-refractivity contribution is 0.235. The highest BCUT2D eigenvalue weighted by molar-refractivity contribution is 5.74. The van der Waals surface area contributed by atoms with Crippen LogP contribution in [0.25, 0.3) is 5.69 Å². The summed E-state index contributed by atoms with van der Waals surface area (Å²) in [4.78, 5) is 18.1. The Hall–Kier alpha value is -2.34. The standard InChI is InChI=1S/C17H25N5O/c1-4-21(3)11-10-19-17(23)20-14(2)15-5-7-16(8-6-15)22-12-9-18-13-22/h5-9,12-14H,4,10-11H2,1-3H3,(H2,19,20,23)/t14-/m1/s1. The van der Waals surface area contributed by atoms with Gasteiger partial charge in [0.25, 0.3) is 0 Å². The van der Waals surface area contributed by atoms with Gasteiger partial charge in [0.2, 0.25) is 0 Å². The average Bonchev–Trinajstić information content (AvgIpc) is 3.09. The Bertz CT molecular complexity index is 594. The van der Waals surface area contributed by atoms with Gasteiger partial charge in [0, 0.05) is 31.2 Å². The molecular weight excluding hydrogens is 290 g/mol. The maximum absolute atomic E-state index is 11.9. The number of hydrogen-bond acceptors (Lipinski definition) is 3. The van der Waals surface area contributed by atoms with Gasteiger partial charge in [-0.15, -0.1) is 0 Å². The van der Waals surface area contributed by atoms with Crippen LogP contribution in [0.5, 0.6) is 0 Å². The quantitative estimate of drug-likeness (QED) is 0.823. The number of nitrogens with zero attached hydrogens (tertiary/aromatic N) is 3. The minimum Gasteiger partial charge on any atom is -0.337 e. The van der Waals surface area contributed by atoms with Gasteiger partial charge in [-0.2, -0.15) is 0 Å². The second-order valence-electron chi connectivity index (χ2n) is 5.58. The van der Waals surface area contributed by atoms with E-state index in [2.05, 4.69) is 27.4 Å². The molecule has 124 valence electrons. The lowest BCUT2D eigenvalue weighted by Crippen LogP contribution is -2.40. The molecular formula is C17H25N5O. The van der Waals surface area contributed by atoms with Gasteiger partial charge in [0.1, 0.15) is 0 Å². The second kappa shape index (κ2) is 8.33. The predicted octanol–water partition coefficient (Wildman–Crippen LogP) is 2.18. The number of likely N-dealkylation sites (N-methyl/N-ethyl adjacent to an activating group) is 1. The van der Waals surface area contributed by atoms with E-state index in [0.29, 0.717) is 6.54 Å². The molecule has 0 radical (unpaired) electrons. The molecule has 2 amide bonds. The van der Waals surface area contributed by atoms with Crippen LogP contribution in [-0.4, -0.2) is 47.2 Å². The molecule has 1 atom stereocenters. The van der Waals surface area contributed by atoms with E-state index in [0.717, 1.165) is 24.3 Å². The Kier molecular flexibility index (Phi) is 6.17. The molecule has 0 saturated carbocycles. The van der Waals surface area contributed by atoms with Crippen LogP contribution in [0, 0.1) is 0 Å². The molecule has 2 N–H and O–H groups in total. The SMILES string of the molecule is CCN(C)CCNC(=O)N[C@H](C)c1ccc(-n2ccnc2)cc1.